The summed E-state index contributed by atoms with van der Waals surface area (Å²) in [4.78, 5) is 19.7. The van der Waals surface area contributed by atoms with E-state index in [-0.39, 0.29) is 29.3 Å². The summed E-state index contributed by atoms with van der Waals surface area (Å²) in [5.41, 5.74) is 1.50. The van der Waals surface area contributed by atoms with Crippen LogP contribution in [0.5, 0.6) is 0 Å². The van der Waals surface area contributed by atoms with Gasteiger partial charge in [-0.3, -0.25) is 0 Å². The molecule has 0 unspecified atom stereocenters. The van der Waals surface area contributed by atoms with Crippen LogP contribution in [0.25, 0.3) is 32.9 Å². The van der Waals surface area contributed by atoms with E-state index in [0.29, 0.717) is 61.9 Å². The number of H-pyrrole nitrogens is 1. The number of thiazole rings is 1. The van der Waals surface area contributed by atoms with Crippen molar-refractivity contribution >= 4 is 44.8 Å². The van der Waals surface area contributed by atoms with Crippen molar-refractivity contribution in [2.45, 2.75) is 62.8 Å². The number of aromatic nitrogens is 4. The van der Waals surface area contributed by atoms with Crippen molar-refractivity contribution in [1.29, 1.82) is 0 Å². The zero-order chi connectivity index (χ0) is 29.5. The van der Waals surface area contributed by atoms with E-state index >= 15 is 4.39 Å². The zero-order valence-corrected chi connectivity index (χ0v) is 24.9. The van der Waals surface area contributed by atoms with Crippen LogP contribution in [0.2, 0.25) is 10.0 Å². The Morgan fingerprint density at radius 2 is 1.86 bits per heavy atom. The van der Waals surface area contributed by atoms with Crippen molar-refractivity contribution in [3.05, 3.63) is 73.1 Å². The molecule has 0 amide bonds. The fourth-order valence-corrected chi connectivity index (χ4v) is 8.73. The van der Waals surface area contributed by atoms with Crippen LogP contribution in [0.1, 0.15) is 60.8 Å². The van der Waals surface area contributed by atoms with Gasteiger partial charge in [0.25, 0.3) is 0 Å². The second kappa shape index (κ2) is 10.2. The number of benzene rings is 2. The van der Waals surface area contributed by atoms with E-state index in [1.54, 1.807) is 24.3 Å². The molecular formula is C30H25Cl2FN4O5S. The highest BCUT2D eigenvalue weighted by Crippen LogP contribution is 2.57. The zero-order valence-electron chi connectivity index (χ0n) is 22.6. The summed E-state index contributed by atoms with van der Waals surface area (Å²) in [6.45, 7) is 0.300. The average molecular weight is 644 g/mol. The van der Waals surface area contributed by atoms with E-state index in [1.807, 2.05) is 0 Å². The molecule has 5 aromatic rings. The summed E-state index contributed by atoms with van der Waals surface area (Å²) < 4.78 is 32.6. The van der Waals surface area contributed by atoms with Crippen molar-refractivity contribution in [3.8, 4) is 22.6 Å². The number of rotatable bonds is 7. The van der Waals surface area contributed by atoms with Crippen molar-refractivity contribution < 1.29 is 23.3 Å². The largest absolute Gasteiger partial charge is 0.460 e. The molecule has 0 radical (unpaired) electrons. The lowest BCUT2D eigenvalue weighted by Crippen LogP contribution is -2.44. The summed E-state index contributed by atoms with van der Waals surface area (Å²) in [6, 6.07) is 8.31. The Morgan fingerprint density at radius 1 is 1.12 bits per heavy atom. The first-order chi connectivity index (χ1) is 20.8. The Kier molecular flexibility index (Phi) is 6.54. The monoisotopic (exact) mass is 642 g/mol. The molecule has 3 saturated carbocycles. The first kappa shape index (κ1) is 27.5. The highest BCUT2D eigenvalue weighted by Gasteiger charge is 2.56. The van der Waals surface area contributed by atoms with Crippen molar-refractivity contribution in [2.75, 3.05) is 0 Å². The lowest BCUT2D eigenvalue weighted by Gasteiger charge is -2.41. The highest BCUT2D eigenvalue weighted by atomic mass is 35.5. The van der Waals surface area contributed by atoms with Gasteiger partial charge in [0, 0.05) is 22.6 Å². The lowest BCUT2D eigenvalue weighted by molar-refractivity contribution is -0.116. The molecule has 3 heterocycles. The molecule has 13 heteroatoms. The molecule has 43 heavy (non-hydrogen) atoms. The number of nitrogens with one attached hydrogen (secondary N) is 1. The minimum Gasteiger partial charge on any atom is -0.382 e. The van der Waals surface area contributed by atoms with Crippen LogP contribution < -0.4 is 5.76 Å². The molecule has 222 valence electrons. The standard InChI is InChI=1S/C30H25Cl2FN4O5S/c31-19-2-1-3-20(32)23(19)24-18(26(41-36-24)13-4-5-13)12-40-17-10-15-6-7-16(11-17)30(15,39)28-34-25-21(33)8-14(9-22(25)43-28)27-35-29(38)42-37-27/h1-3,8-9,13,15-17,39H,4-7,10-12H2,(H,35,37,38)/t15-,16+,17-,30+. The van der Waals surface area contributed by atoms with Gasteiger partial charge in [0.2, 0.25) is 0 Å². The second-order valence-electron chi connectivity index (χ2n) is 11.7. The Labute approximate surface area is 257 Å². The topological polar surface area (TPSA) is 127 Å². The first-order valence-corrected chi connectivity index (χ1v) is 15.8. The summed E-state index contributed by atoms with van der Waals surface area (Å²) in [5, 5.41) is 20.4. The molecule has 3 aromatic heterocycles. The van der Waals surface area contributed by atoms with Crippen LogP contribution in [0, 0.1) is 17.7 Å². The number of fused-ring (bicyclic) bond motifs is 3. The third-order valence-corrected chi connectivity index (χ3v) is 10.9. The van der Waals surface area contributed by atoms with E-state index in [9.17, 15) is 9.90 Å². The molecule has 0 aliphatic heterocycles. The van der Waals surface area contributed by atoms with Crippen LogP contribution in [-0.2, 0) is 16.9 Å². The van der Waals surface area contributed by atoms with Crippen LogP contribution in [-0.4, -0.2) is 31.5 Å². The molecule has 2 aromatic carbocycles. The molecule has 3 aliphatic rings. The van der Waals surface area contributed by atoms with E-state index in [4.69, 9.17) is 32.5 Å². The number of hydrogen-bond acceptors (Lipinski definition) is 9. The third-order valence-electron chi connectivity index (χ3n) is 9.14. The van der Waals surface area contributed by atoms with Gasteiger partial charge in [-0.2, -0.15) is 10.1 Å². The Hall–Kier alpha value is -3.09. The van der Waals surface area contributed by atoms with Gasteiger partial charge < -0.3 is 18.9 Å². The predicted molar refractivity (Wildman–Crippen MR) is 158 cm³/mol. The van der Waals surface area contributed by atoms with Gasteiger partial charge in [0.1, 0.15) is 27.6 Å². The van der Waals surface area contributed by atoms with E-state index < -0.39 is 17.2 Å². The number of halogens is 3. The SMILES string of the molecule is O=c1nc(-c2cc(F)c3nc([C@]4(O)[C@@H]5CC[C@H]4C[C@H](OCc4c(-c6c(Cl)cccc6Cl)noc4C4CC4)C5)sc3c2)[nH]o1. The fourth-order valence-electron chi connectivity index (χ4n) is 6.89. The number of ether oxygens (including phenoxy) is 1. The molecule has 8 rings (SSSR count). The van der Waals surface area contributed by atoms with Gasteiger partial charge in [-0.15, -0.1) is 11.3 Å². The van der Waals surface area contributed by atoms with E-state index in [2.05, 4.69) is 24.8 Å². The minimum absolute atomic E-state index is 0.0870. The average Bonchev–Trinajstić information content (AvgIpc) is 3.27. The van der Waals surface area contributed by atoms with Gasteiger partial charge in [-0.05, 0) is 74.6 Å². The first-order valence-electron chi connectivity index (χ1n) is 14.2. The quantitative estimate of drug-likeness (QED) is 0.191. The normalized spacial score (nSPS) is 25.2. The number of aliphatic hydroxyl groups is 1. The maximum atomic E-state index is 15.1. The summed E-state index contributed by atoms with van der Waals surface area (Å²) >= 11 is 14.3. The molecule has 2 bridgehead atoms. The number of aromatic amines is 1. The van der Waals surface area contributed by atoms with Gasteiger partial charge in [-0.1, -0.05) is 34.4 Å². The second-order valence-corrected chi connectivity index (χ2v) is 13.5. The number of hydrogen-bond donors (Lipinski definition) is 2. The molecule has 9 nitrogen and oxygen atoms in total. The minimum atomic E-state index is -1.18. The Balaban J connectivity index is 1.05. The van der Waals surface area contributed by atoms with Crippen molar-refractivity contribution in [2.24, 2.45) is 11.8 Å². The van der Waals surface area contributed by atoms with Crippen LogP contribution >= 0.6 is 34.5 Å². The van der Waals surface area contributed by atoms with Crippen LogP contribution in [0.4, 0.5) is 4.39 Å². The maximum absolute atomic E-state index is 15.1. The summed E-state index contributed by atoms with van der Waals surface area (Å²) in [6.07, 6.45) is 4.93. The maximum Gasteiger partial charge on any atom is 0.460 e. The van der Waals surface area contributed by atoms with E-state index in [0.717, 1.165) is 37.0 Å². The lowest BCUT2D eigenvalue weighted by atomic mass is 9.73. The Bertz CT molecular complexity index is 1900. The molecule has 3 aliphatic carbocycles. The van der Waals surface area contributed by atoms with E-state index in [1.165, 1.54) is 17.4 Å². The molecule has 4 atom stereocenters. The Morgan fingerprint density at radius 3 is 2.53 bits per heavy atom. The molecule has 3 fully saturated rings. The van der Waals surface area contributed by atoms with Crippen LogP contribution in [0.15, 0.2) is 44.2 Å². The van der Waals surface area contributed by atoms with Gasteiger partial charge in [0.15, 0.2) is 11.6 Å². The third kappa shape index (κ3) is 4.55. The highest BCUT2D eigenvalue weighted by molar-refractivity contribution is 7.18. The smallest absolute Gasteiger partial charge is 0.382 e. The van der Waals surface area contributed by atoms with Crippen molar-refractivity contribution in [3.63, 3.8) is 0 Å². The molecule has 0 saturated heterocycles. The van der Waals surface area contributed by atoms with Crippen LogP contribution in [0.3, 0.4) is 0 Å². The van der Waals surface area contributed by atoms with Gasteiger partial charge >= 0.3 is 5.76 Å². The fraction of sp³-hybridized carbons (Fsp3) is 0.400. The van der Waals surface area contributed by atoms with Gasteiger partial charge in [-0.25, -0.2) is 14.2 Å². The van der Waals surface area contributed by atoms with Gasteiger partial charge in [0.05, 0.1) is 27.5 Å². The van der Waals surface area contributed by atoms with Crippen molar-refractivity contribution in [1.82, 2.24) is 20.3 Å². The number of nitrogens with zero attached hydrogens (tertiary/aromatic N) is 3. The summed E-state index contributed by atoms with van der Waals surface area (Å²) in [5.74, 6) is -0.244. The summed E-state index contributed by atoms with van der Waals surface area (Å²) in [7, 11) is 0. The predicted octanol–water partition coefficient (Wildman–Crippen LogP) is 7.21. The molecular weight excluding hydrogens is 618 g/mol. The molecule has 0 spiro atoms. The molecule has 2 N–H and O–H groups in total.